The quantitative estimate of drug-likeness (QED) is 0.710. The SMILES string of the molecule is O=C(c1nn(Cc2ccccc2)c2c1CN(CCN1CCOCC1)CC2)N1CCCC1. The summed E-state index contributed by atoms with van der Waals surface area (Å²) in [5, 5.41) is 4.89. The fourth-order valence-electron chi connectivity index (χ4n) is 4.97. The van der Waals surface area contributed by atoms with Gasteiger partial charge in [-0.15, -0.1) is 0 Å². The highest BCUT2D eigenvalue weighted by Crippen LogP contribution is 2.26. The van der Waals surface area contributed by atoms with E-state index in [1.54, 1.807) is 0 Å². The van der Waals surface area contributed by atoms with E-state index >= 15 is 0 Å². The molecule has 4 heterocycles. The summed E-state index contributed by atoms with van der Waals surface area (Å²) in [5.41, 5.74) is 4.31. The molecule has 3 aliphatic heterocycles. The van der Waals surface area contributed by atoms with Crippen LogP contribution in [0.25, 0.3) is 0 Å². The van der Waals surface area contributed by atoms with Crippen molar-refractivity contribution in [2.75, 3.05) is 59.0 Å². The number of carbonyl (C=O) groups is 1. The number of fused-ring (bicyclic) bond motifs is 1. The summed E-state index contributed by atoms with van der Waals surface area (Å²) in [6.07, 6.45) is 3.15. The second-order valence-electron chi connectivity index (χ2n) is 8.90. The van der Waals surface area contributed by atoms with Crippen LogP contribution in [0.15, 0.2) is 30.3 Å². The Kier molecular flexibility index (Phi) is 6.34. The number of likely N-dealkylation sites (tertiary alicyclic amines) is 1. The first-order valence-electron chi connectivity index (χ1n) is 11.7. The Morgan fingerprint density at radius 1 is 0.935 bits per heavy atom. The summed E-state index contributed by atoms with van der Waals surface area (Å²) in [5.74, 6) is 0.121. The van der Waals surface area contributed by atoms with Crippen LogP contribution in [0.4, 0.5) is 0 Å². The molecule has 7 nitrogen and oxygen atoms in total. The molecule has 2 saturated heterocycles. The number of nitrogens with zero attached hydrogens (tertiary/aromatic N) is 5. The van der Waals surface area contributed by atoms with E-state index in [-0.39, 0.29) is 5.91 Å². The van der Waals surface area contributed by atoms with Gasteiger partial charge in [0.1, 0.15) is 0 Å². The fourth-order valence-corrected chi connectivity index (χ4v) is 4.97. The van der Waals surface area contributed by atoms with Crippen molar-refractivity contribution in [1.29, 1.82) is 0 Å². The van der Waals surface area contributed by atoms with Crippen molar-refractivity contribution in [3.63, 3.8) is 0 Å². The number of ether oxygens (including phenoxy) is 1. The molecule has 1 aromatic heterocycles. The van der Waals surface area contributed by atoms with Gasteiger partial charge in [0.2, 0.25) is 0 Å². The Labute approximate surface area is 184 Å². The number of carbonyl (C=O) groups excluding carboxylic acids is 1. The minimum atomic E-state index is 0.121. The van der Waals surface area contributed by atoms with Crippen molar-refractivity contribution in [3.05, 3.63) is 52.8 Å². The van der Waals surface area contributed by atoms with Crippen molar-refractivity contribution in [2.24, 2.45) is 0 Å². The molecule has 2 fully saturated rings. The van der Waals surface area contributed by atoms with Crippen LogP contribution in [-0.4, -0.2) is 89.4 Å². The normalized spacial score (nSPS) is 20.2. The Balaban J connectivity index is 1.35. The maximum absolute atomic E-state index is 13.3. The monoisotopic (exact) mass is 423 g/mol. The van der Waals surface area contributed by atoms with Gasteiger partial charge in [-0.05, 0) is 18.4 Å². The van der Waals surface area contributed by atoms with E-state index in [0.29, 0.717) is 5.69 Å². The zero-order valence-electron chi connectivity index (χ0n) is 18.3. The minimum Gasteiger partial charge on any atom is -0.379 e. The van der Waals surface area contributed by atoms with Crippen molar-refractivity contribution < 1.29 is 9.53 Å². The third-order valence-electron chi connectivity index (χ3n) is 6.82. The number of hydrogen-bond acceptors (Lipinski definition) is 5. The van der Waals surface area contributed by atoms with Crippen molar-refractivity contribution in [2.45, 2.75) is 32.4 Å². The lowest BCUT2D eigenvalue weighted by molar-refractivity contribution is 0.0326. The Morgan fingerprint density at radius 3 is 2.45 bits per heavy atom. The second-order valence-corrected chi connectivity index (χ2v) is 8.90. The molecule has 5 rings (SSSR count). The van der Waals surface area contributed by atoms with Gasteiger partial charge < -0.3 is 9.64 Å². The molecule has 0 unspecified atom stereocenters. The Morgan fingerprint density at radius 2 is 1.68 bits per heavy atom. The topological polar surface area (TPSA) is 53.8 Å². The average molecular weight is 424 g/mol. The van der Waals surface area contributed by atoms with E-state index in [2.05, 4.69) is 38.7 Å². The average Bonchev–Trinajstić information content (AvgIpc) is 3.47. The number of morpholine rings is 1. The van der Waals surface area contributed by atoms with Gasteiger partial charge in [0.15, 0.2) is 5.69 Å². The smallest absolute Gasteiger partial charge is 0.274 e. The van der Waals surface area contributed by atoms with Gasteiger partial charge in [0, 0.05) is 70.0 Å². The number of benzene rings is 1. The van der Waals surface area contributed by atoms with E-state index in [4.69, 9.17) is 9.84 Å². The van der Waals surface area contributed by atoms with Crippen LogP contribution >= 0.6 is 0 Å². The van der Waals surface area contributed by atoms with Crippen LogP contribution in [0.3, 0.4) is 0 Å². The van der Waals surface area contributed by atoms with E-state index < -0.39 is 0 Å². The Hall–Kier alpha value is -2.22. The number of amides is 1. The number of rotatable bonds is 6. The predicted molar refractivity (Wildman–Crippen MR) is 119 cm³/mol. The van der Waals surface area contributed by atoms with Gasteiger partial charge in [-0.3, -0.25) is 19.3 Å². The molecule has 0 bridgehead atoms. The van der Waals surface area contributed by atoms with Gasteiger partial charge in [0.25, 0.3) is 5.91 Å². The van der Waals surface area contributed by atoms with Crippen LogP contribution < -0.4 is 0 Å². The predicted octanol–water partition coefficient (Wildman–Crippen LogP) is 1.86. The fraction of sp³-hybridized carbons (Fsp3) is 0.583. The largest absolute Gasteiger partial charge is 0.379 e. The maximum atomic E-state index is 13.3. The molecule has 0 radical (unpaired) electrons. The molecule has 0 spiro atoms. The van der Waals surface area contributed by atoms with E-state index in [1.807, 2.05) is 11.0 Å². The highest BCUT2D eigenvalue weighted by atomic mass is 16.5. The molecule has 1 aromatic carbocycles. The number of hydrogen-bond donors (Lipinski definition) is 0. The number of aromatic nitrogens is 2. The first kappa shape index (κ1) is 20.7. The lowest BCUT2D eigenvalue weighted by Crippen LogP contribution is -2.43. The van der Waals surface area contributed by atoms with Crippen molar-refractivity contribution in [1.82, 2.24) is 24.5 Å². The van der Waals surface area contributed by atoms with Gasteiger partial charge >= 0.3 is 0 Å². The van der Waals surface area contributed by atoms with Crippen LogP contribution in [0.5, 0.6) is 0 Å². The van der Waals surface area contributed by atoms with Gasteiger partial charge in [-0.1, -0.05) is 30.3 Å². The lowest BCUT2D eigenvalue weighted by atomic mass is 10.0. The van der Waals surface area contributed by atoms with E-state index in [0.717, 1.165) is 96.9 Å². The molecule has 7 heteroatoms. The summed E-state index contributed by atoms with van der Waals surface area (Å²) in [6, 6.07) is 10.4. The molecule has 0 N–H and O–H groups in total. The summed E-state index contributed by atoms with van der Waals surface area (Å²) in [4.78, 5) is 20.3. The molecular formula is C24H33N5O2. The highest BCUT2D eigenvalue weighted by molar-refractivity contribution is 5.94. The standard InChI is InChI=1S/C24H33N5O2/c30-24(28-9-4-5-10-28)23-21-19-27(13-12-26-14-16-31-17-15-26)11-8-22(21)29(25-23)18-20-6-2-1-3-7-20/h1-3,6-7H,4-5,8-19H2. The lowest BCUT2D eigenvalue weighted by Gasteiger charge is -2.32. The van der Waals surface area contributed by atoms with Crippen molar-refractivity contribution >= 4 is 5.91 Å². The molecule has 1 amide bonds. The summed E-state index contributed by atoms with van der Waals surface area (Å²) in [6.45, 7) is 10.1. The van der Waals surface area contributed by atoms with Crippen LogP contribution in [0.2, 0.25) is 0 Å². The summed E-state index contributed by atoms with van der Waals surface area (Å²) >= 11 is 0. The van der Waals surface area contributed by atoms with E-state index in [9.17, 15) is 4.79 Å². The molecule has 3 aliphatic rings. The third kappa shape index (κ3) is 4.68. The van der Waals surface area contributed by atoms with E-state index in [1.165, 1.54) is 11.3 Å². The molecule has 0 saturated carbocycles. The Bertz CT molecular complexity index is 885. The first-order valence-corrected chi connectivity index (χ1v) is 11.7. The zero-order chi connectivity index (χ0) is 21.0. The van der Waals surface area contributed by atoms with Crippen LogP contribution in [0.1, 0.15) is 40.2 Å². The van der Waals surface area contributed by atoms with Gasteiger partial charge in [-0.2, -0.15) is 5.10 Å². The maximum Gasteiger partial charge on any atom is 0.274 e. The van der Waals surface area contributed by atoms with Crippen LogP contribution in [0, 0.1) is 0 Å². The van der Waals surface area contributed by atoms with Crippen LogP contribution in [-0.2, 0) is 24.2 Å². The molecule has 0 aliphatic carbocycles. The van der Waals surface area contributed by atoms with Crippen molar-refractivity contribution in [3.8, 4) is 0 Å². The molecular weight excluding hydrogens is 390 g/mol. The molecule has 166 valence electrons. The van der Waals surface area contributed by atoms with Gasteiger partial charge in [0.05, 0.1) is 19.8 Å². The molecule has 31 heavy (non-hydrogen) atoms. The minimum absolute atomic E-state index is 0.121. The third-order valence-corrected chi connectivity index (χ3v) is 6.82. The second kappa shape index (κ2) is 9.51. The summed E-state index contributed by atoms with van der Waals surface area (Å²) in [7, 11) is 0. The molecule has 0 atom stereocenters. The summed E-state index contributed by atoms with van der Waals surface area (Å²) < 4.78 is 7.56. The van der Waals surface area contributed by atoms with Gasteiger partial charge in [-0.25, -0.2) is 0 Å². The molecule has 2 aromatic rings. The highest BCUT2D eigenvalue weighted by Gasteiger charge is 2.31. The zero-order valence-corrected chi connectivity index (χ0v) is 18.3. The first-order chi connectivity index (χ1) is 15.3.